The van der Waals surface area contributed by atoms with Crippen molar-refractivity contribution >= 4 is 38.9 Å². The molecule has 1 aliphatic heterocycles. The van der Waals surface area contributed by atoms with Crippen LogP contribution in [0.25, 0.3) is 21.9 Å². The van der Waals surface area contributed by atoms with Crippen molar-refractivity contribution in [2.75, 3.05) is 0 Å². The topological polar surface area (TPSA) is 78.0 Å². The lowest BCUT2D eigenvalue weighted by Gasteiger charge is -2.03. The summed E-state index contributed by atoms with van der Waals surface area (Å²) in [6.45, 7) is 2.61. The molecule has 1 aromatic carbocycles. The van der Waals surface area contributed by atoms with Crippen LogP contribution in [0.4, 0.5) is 5.69 Å². The first-order valence-electron chi connectivity index (χ1n) is 8.06. The predicted octanol–water partition coefficient (Wildman–Crippen LogP) is 3.87. The first kappa shape index (κ1) is 15.7. The van der Waals surface area contributed by atoms with Crippen LogP contribution in [-0.2, 0) is 13.0 Å². The normalized spacial score (nSPS) is 15.0. The van der Waals surface area contributed by atoms with Crippen LogP contribution < -0.4 is 5.56 Å². The molecule has 0 amide bonds. The number of thiophene rings is 1. The van der Waals surface area contributed by atoms with Crippen LogP contribution in [0.5, 0.6) is 0 Å². The van der Waals surface area contributed by atoms with Crippen molar-refractivity contribution in [1.29, 1.82) is 0 Å². The number of benzene rings is 1. The van der Waals surface area contributed by atoms with Gasteiger partial charge in [0.2, 0.25) is 0 Å². The first-order valence-corrected chi connectivity index (χ1v) is 8.87. The molecule has 3 heterocycles. The molecular formula is C18H15N3O3S. The third-order valence-corrected chi connectivity index (χ3v) is 5.58. The Labute approximate surface area is 147 Å². The minimum Gasteiger partial charge on any atom is -0.292 e. The SMILES string of the molecule is CCc1cc2c(=O)n3c(nc2s1)/C(=C/c1ccccc1[N+](=O)[O-])CC3. The number of rotatable bonds is 3. The van der Waals surface area contributed by atoms with Gasteiger partial charge in [-0.15, -0.1) is 11.3 Å². The van der Waals surface area contributed by atoms with Gasteiger partial charge in [-0.1, -0.05) is 19.1 Å². The Hall–Kier alpha value is -2.80. The molecule has 0 aliphatic carbocycles. The summed E-state index contributed by atoms with van der Waals surface area (Å²) in [4.78, 5) is 30.1. The number of nitrogens with zero attached hydrogens (tertiary/aromatic N) is 3. The monoisotopic (exact) mass is 353 g/mol. The van der Waals surface area contributed by atoms with E-state index in [0.717, 1.165) is 21.7 Å². The highest BCUT2D eigenvalue weighted by Gasteiger charge is 2.23. The molecule has 3 aromatic rings. The van der Waals surface area contributed by atoms with Gasteiger partial charge in [-0.05, 0) is 36.6 Å². The number of aryl methyl sites for hydroxylation is 1. The molecule has 126 valence electrons. The predicted molar refractivity (Wildman–Crippen MR) is 98.8 cm³/mol. The van der Waals surface area contributed by atoms with Gasteiger partial charge in [0.15, 0.2) is 0 Å². The zero-order chi connectivity index (χ0) is 17.6. The van der Waals surface area contributed by atoms with Gasteiger partial charge in [0.05, 0.1) is 15.9 Å². The number of fused-ring (bicyclic) bond motifs is 2. The van der Waals surface area contributed by atoms with E-state index in [1.807, 2.05) is 6.07 Å². The summed E-state index contributed by atoms with van der Waals surface area (Å²) in [5, 5.41) is 11.9. The average Bonchev–Trinajstić information content (AvgIpc) is 3.20. The van der Waals surface area contributed by atoms with Crippen LogP contribution in [0.15, 0.2) is 35.1 Å². The van der Waals surface area contributed by atoms with Crippen molar-refractivity contribution in [2.24, 2.45) is 0 Å². The van der Waals surface area contributed by atoms with E-state index >= 15 is 0 Å². The first-order chi connectivity index (χ1) is 12.1. The molecule has 0 radical (unpaired) electrons. The largest absolute Gasteiger partial charge is 0.292 e. The van der Waals surface area contributed by atoms with Crippen LogP contribution in [0.3, 0.4) is 0 Å². The molecule has 25 heavy (non-hydrogen) atoms. The molecule has 0 saturated heterocycles. The van der Waals surface area contributed by atoms with E-state index in [1.54, 1.807) is 28.8 Å². The van der Waals surface area contributed by atoms with Gasteiger partial charge in [-0.2, -0.15) is 0 Å². The Morgan fingerprint density at radius 2 is 2.20 bits per heavy atom. The van der Waals surface area contributed by atoms with Crippen molar-refractivity contribution in [1.82, 2.24) is 9.55 Å². The molecule has 7 heteroatoms. The fourth-order valence-corrected chi connectivity index (χ4v) is 4.09. The number of hydrogen-bond acceptors (Lipinski definition) is 5. The number of nitro benzene ring substituents is 1. The van der Waals surface area contributed by atoms with Crippen LogP contribution in [0.1, 0.15) is 29.6 Å². The number of aromatic nitrogens is 2. The van der Waals surface area contributed by atoms with E-state index in [0.29, 0.717) is 29.7 Å². The molecule has 4 rings (SSSR count). The molecule has 0 fully saturated rings. The summed E-state index contributed by atoms with van der Waals surface area (Å²) in [7, 11) is 0. The van der Waals surface area contributed by atoms with Crippen molar-refractivity contribution in [3.8, 4) is 0 Å². The lowest BCUT2D eigenvalue weighted by atomic mass is 10.1. The molecule has 0 saturated carbocycles. The molecule has 1 aliphatic rings. The van der Waals surface area contributed by atoms with Crippen molar-refractivity contribution in [3.05, 3.63) is 67.1 Å². The molecule has 0 N–H and O–H groups in total. The quantitative estimate of drug-likeness (QED) is 0.529. The number of para-hydroxylation sites is 1. The maximum atomic E-state index is 12.7. The smallest absolute Gasteiger partial charge is 0.276 e. The zero-order valence-electron chi connectivity index (χ0n) is 13.6. The van der Waals surface area contributed by atoms with E-state index in [1.165, 1.54) is 17.4 Å². The standard InChI is InChI=1S/C18H15N3O3S/c1-2-13-10-14-17(25-13)19-16-12(7-8-20(16)18(14)22)9-11-5-3-4-6-15(11)21(23)24/h3-6,9-10H,2,7-8H2,1H3/b12-9+. The molecule has 6 nitrogen and oxygen atoms in total. The fraction of sp³-hybridized carbons (Fsp3) is 0.222. The zero-order valence-corrected chi connectivity index (χ0v) is 14.4. The Morgan fingerprint density at radius 3 is 2.96 bits per heavy atom. The summed E-state index contributed by atoms with van der Waals surface area (Å²) in [6, 6.07) is 8.53. The summed E-state index contributed by atoms with van der Waals surface area (Å²) in [5.74, 6) is 0.625. The van der Waals surface area contributed by atoms with Crippen molar-refractivity contribution in [3.63, 3.8) is 0 Å². The van der Waals surface area contributed by atoms with E-state index < -0.39 is 4.92 Å². The van der Waals surface area contributed by atoms with Crippen LogP contribution >= 0.6 is 11.3 Å². The lowest BCUT2D eigenvalue weighted by Crippen LogP contribution is -2.19. The number of nitro groups is 1. The van der Waals surface area contributed by atoms with Crippen molar-refractivity contribution < 1.29 is 4.92 Å². The van der Waals surface area contributed by atoms with Crippen LogP contribution in [0, 0.1) is 10.1 Å². The summed E-state index contributed by atoms with van der Waals surface area (Å²) in [5.41, 5.74) is 1.42. The second-order valence-corrected chi connectivity index (χ2v) is 7.03. The maximum absolute atomic E-state index is 12.7. The Bertz CT molecular complexity index is 1090. The van der Waals surface area contributed by atoms with Gasteiger partial charge in [-0.3, -0.25) is 19.5 Å². The molecule has 0 spiro atoms. The highest BCUT2D eigenvalue weighted by atomic mass is 32.1. The lowest BCUT2D eigenvalue weighted by molar-refractivity contribution is -0.385. The molecular weight excluding hydrogens is 338 g/mol. The second-order valence-electron chi connectivity index (χ2n) is 5.91. The Kier molecular flexibility index (Phi) is 3.73. The molecule has 0 unspecified atom stereocenters. The van der Waals surface area contributed by atoms with Crippen LogP contribution in [-0.4, -0.2) is 14.5 Å². The third-order valence-electron chi connectivity index (χ3n) is 4.41. The summed E-state index contributed by atoms with van der Waals surface area (Å²) in [6.07, 6.45) is 3.30. The molecule has 0 atom stereocenters. The fourth-order valence-electron chi connectivity index (χ4n) is 3.14. The minimum absolute atomic E-state index is 0.0260. The second kappa shape index (κ2) is 5.93. The Morgan fingerprint density at radius 1 is 1.40 bits per heavy atom. The third kappa shape index (κ3) is 2.56. The van der Waals surface area contributed by atoms with Gasteiger partial charge in [0.1, 0.15) is 10.7 Å². The van der Waals surface area contributed by atoms with E-state index in [-0.39, 0.29) is 11.2 Å². The average molecular weight is 353 g/mol. The molecule has 2 aromatic heterocycles. The van der Waals surface area contributed by atoms with E-state index in [9.17, 15) is 14.9 Å². The minimum atomic E-state index is -0.391. The van der Waals surface area contributed by atoms with E-state index in [2.05, 4.69) is 11.9 Å². The van der Waals surface area contributed by atoms with Gasteiger partial charge in [0, 0.05) is 17.5 Å². The number of allylic oxidation sites excluding steroid dienone is 1. The Balaban J connectivity index is 1.89. The van der Waals surface area contributed by atoms with Gasteiger partial charge < -0.3 is 0 Å². The maximum Gasteiger partial charge on any atom is 0.276 e. The van der Waals surface area contributed by atoms with E-state index in [4.69, 9.17) is 0 Å². The van der Waals surface area contributed by atoms with Crippen molar-refractivity contribution in [2.45, 2.75) is 26.3 Å². The summed E-state index contributed by atoms with van der Waals surface area (Å²) < 4.78 is 1.68. The number of hydrogen-bond donors (Lipinski definition) is 0. The van der Waals surface area contributed by atoms with Gasteiger partial charge in [0.25, 0.3) is 11.2 Å². The van der Waals surface area contributed by atoms with Gasteiger partial charge in [-0.25, -0.2) is 4.98 Å². The van der Waals surface area contributed by atoms with Crippen LogP contribution in [0.2, 0.25) is 0 Å². The van der Waals surface area contributed by atoms with Gasteiger partial charge >= 0.3 is 0 Å². The summed E-state index contributed by atoms with van der Waals surface area (Å²) >= 11 is 1.53. The molecule has 0 bridgehead atoms. The highest BCUT2D eigenvalue weighted by molar-refractivity contribution is 7.18. The highest BCUT2D eigenvalue weighted by Crippen LogP contribution is 2.31.